The van der Waals surface area contributed by atoms with Crippen molar-refractivity contribution in [1.29, 1.82) is 0 Å². The van der Waals surface area contributed by atoms with Crippen LogP contribution in [0.2, 0.25) is 5.02 Å². The first kappa shape index (κ1) is 13.4. The quantitative estimate of drug-likeness (QED) is 0.904. The minimum absolute atomic E-state index is 0.513. The molecule has 1 atom stereocenters. The molecule has 19 heavy (non-hydrogen) atoms. The highest BCUT2D eigenvalue weighted by Crippen LogP contribution is 2.30. The summed E-state index contributed by atoms with van der Waals surface area (Å²) in [5, 5.41) is 9.51. The van der Waals surface area contributed by atoms with Gasteiger partial charge < -0.3 is 9.84 Å². The molecule has 3 nitrogen and oxygen atoms in total. The standard InChI is InChI=1S/C15H13ClO3/c1-10(15(17)18)11-5-4-6-12(9-11)19-14-8-3-2-7-13(14)16/h2-10H,1H3,(H,17,18)/t10-/m0/s1. The van der Waals surface area contributed by atoms with Gasteiger partial charge in [-0.15, -0.1) is 0 Å². The summed E-state index contributed by atoms with van der Waals surface area (Å²) in [6, 6.07) is 14.1. The minimum Gasteiger partial charge on any atom is -0.481 e. The number of halogens is 1. The van der Waals surface area contributed by atoms with E-state index in [1.54, 1.807) is 43.3 Å². The SMILES string of the molecule is C[C@H](C(=O)O)c1cccc(Oc2ccccc2Cl)c1. The number of ether oxygens (including phenoxy) is 1. The summed E-state index contributed by atoms with van der Waals surface area (Å²) in [5.74, 6) is -0.326. The molecule has 0 saturated heterocycles. The Morgan fingerprint density at radius 3 is 2.63 bits per heavy atom. The smallest absolute Gasteiger partial charge is 0.310 e. The normalized spacial score (nSPS) is 11.9. The second-order valence-corrected chi connectivity index (χ2v) is 4.57. The van der Waals surface area contributed by atoms with Crippen LogP contribution in [0.1, 0.15) is 18.4 Å². The third-order valence-electron chi connectivity index (χ3n) is 2.79. The zero-order valence-corrected chi connectivity index (χ0v) is 11.1. The van der Waals surface area contributed by atoms with Gasteiger partial charge in [0.15, 0.2) is 0 Å². The molecule has 0 aliphatic heterocycles. The van der Waals surface area contributed by atoms with Crippen molar-refractivity contribution >= 4 is 17.6 Å². The maximum Gasteiger partial charge on any atom is 0.310 e. The van der Waals surface area contributed by atoms with Crippen molar-refractivity contribution in [2.24, 2.45) is 0 Å². The molecule has 0 saturated carbocycles. The Morgan fingerprint density at radius 2 is 1.95 bits per heavy atom. The average molecular weight is 277 g/mol. The molecule has 0 aromatic heterocycles. The lowest BCUT2D eigenvalue weighted by Gasteiger charge is -2.11. The number of rotatable bonds is 4. The molecule has 2 aromatic rings. The van der Waals surface area contributed by atoms with E-state index < -0.39 is 11.9 Å². The first-order valence-corrected chi connectivity index (χ1v) is 6.21. The van der Waals surface area contributed by atoms with Gasteiger partial charge in [0.2, 0.25) is 0 Å². The van der Waals surface area contributed by atoms with Crippen LogP contribution in [0.5, 0.6) is 11.5 Å². The third kappa shape index (κ3) is 3.26. The van der Waals surface area contributed by atoms with E-state index in [4.69, 9.17) is 21.4 Å². The lowest BCUT2D eigenvalue weighted by atomic mass is 10.0. The first-order valence-electron chi connectivity index (χ1n) is 5.83. The van der Waals surface area contributed by atoms with Crippen molar-refractivity contribution in [3.8, 4) is 11.5 Å². The van der Waals surface area contributed by atoms with E-state index in [2.05, 4.69) is 0 Å². The van der Waals surface area contributed by atoms with Crippen LogP contribution >= 0.6 is 11.6 Å². The Morgan fingerprint density at radius 1 is 1.21 bits per heavy atom. The Balaban J connectivity index is 2.25. The summed E-state index contributed by atoms with van der Waals surface area (Å²) in [4.78, 5) is 11.0. The second kappa shape index (κ2) is 5.76. The highest BCUT2D eigenvalue weighted by Gasteiger charge is 2.14. The number of hydrogen-bond acceptors (Lipinski definition) is 2. The van der Waals surface area contributed by atoms with E-state index in [0.717, 1.165) is 0 Å². The molecule has 0 radical (unpaired) electrons. The summed E-state index contributed by atoms with van der Waals surface area (Å²) in [7, 11) is 0. The Labute approximate surface area is 116 Å². The summed E-state index contributed by atoms with van der Waals surface area (Å²) >= 11 is 6.01. The zero-order valence-electron chi connectivity index (χ0n) is 10.3. The fourth-order valence-electron chi connectivity index (χ4n) is 1.64. The van der Waals surface area contributed by atoms with Gasteiger partial charge in [-0.3, -0.25) is 4.79 Å². The maximum atomic E-state index is 11.0. The van der Waals surface area contributed by atoms with E-state index in [1.165, 1.54) is 0 Å². The summed E-state index contributed by atoms with van der Waals surface area (Å²) in [5.41, 5.74) is 0.692. The minimum atomic E-state index is -0.866. The van der Waals surface area contributed by atoms with E-state index >= 15 is 0 Å². The van der Waals surface area contributed by atoms with Gasteiger partial charge in [0.25, 0.3) is 0 Å². The molecule has 0 heterocycles. The molecule has 2 aromatic carbocycles. The third-order valence-corrected chi connectivity index (χ3v) is 3.11. The Bertz CT molecular complexity index is 595. The molecule has 0 aliphatic rings. The molecule has 1 N–H and O–H groups in total. The van der Waals surface area contributed by atoms with Crippen molar-refractivity contribution in [2.75, 3.05) is 0 Å². The van der Waals surface area contributed by atoms with Gasteiger partial charge in [0.05, 0.1) is 10.9 Å². The predicted molar refractivity (Wildman–Crippen MR) is 74.0 cm³/mol. The van der Waals surface area contributed by atoms with Crippen molar-refractivity contribution in [1.82, 2.24) is 0 Å². The van der Waals surface area contributed by atoms with Gasteiger partial charge in [0, 0.05) is 0 Å². The van der Waals surface area contributed by atoms with E-state index in [9.17, 15) is 4.79 Å². The molecule has 2 rings (SSSR count). The number of carbonyl (C=O) groups is 1. The Kier molecular flexibility index (Phi) is 4.07. The molecular formula is C15H13ClO3. The van der Waals surface area contributed by atoms with Crippen molar-refractivity contribution in [3.05, 3.63) is 59.1 Å². The first-order chi connectivity index (χ1) is 9.08. The lowest BCUT2D eigenvalue weighted by Crippen LogP contribution is -2.07. The van der Waals surface area contributed by atoms with Crippen molar-refractivity contribution in [2.45, 2.75) is 12.8 Å². The summed E-state index contributed by atoms with van der Waals surface area (Å²) in [6.07, 6.45) is 0. The van der Waals surface area contributed by atoms with Crippen LogP contribution < -0.4 is 4.74 Å². The fourth-order valence-corrected chi connectivity index (χ4v) is 1.82. The molecular weight excluding hydrogens is 264 g/mol. The maximum absolute atomic E-state index is 11.0. The largest absolute Gasteiger partial charge is 0.481 e. The molecule has 0 unspecified atom stereocenters. The molecule has 98 valence electrons. The molecule has 0 spiro atoms. The van der Waals surface area contributed by atoms with E-state index in [-0.39, 0.29) is 0 Å². The second-order valence-electron chi connectivity index (χ2n) is 4.16. The van der Waals surface area contributed by atoms with Crippen molar-refractivity contribution < 1.29 is 14.6 Å². The Hall–Kier alpha value is -2.00. The van der Waals surface area contributed by atoms with Gasteiger partial charge in [0.1, 0.15) is 11.5 Å². The molecule has 4 heteroatoms. The summed E-state index contributed by atoms with van der Waals surface area (Å²) < 4.78 is 5.65. The number of hydrogen-bond donors (Lipinski definition) is 1. The number of benzene rings is 2. The van der Waals surface area contributed by atoms with Crippen LogP contribution in [-0.2, 0) is 4.79 Å². The van der Waals surface area contributed by atoms with Gasteiger partial charge in [-0.2, -0.15) is 0 Å². The molecule has 0 bridgehead atoms. The highest BCUT2D eigenvalue weighted by atomic mass is 35.5. The number of para-hydroxylation sites is 1. The van der Waals surface area contributed by atoms with Crippen LogP contribution in [0.3, 0.4) is 0 Å². The predicted octanol–water partition coefficient (Wildman–Crippen LogP) is 4.32. The number of carboxylic acids is 1. The average Bonchev–Trinajstić information content (AvgIpc) is 2.41. The summed E-state index contributed by atoms with van der Waals surface area (Å²) in [6.45, 7) is 1.64. The van der Waals surface area contributed by atoms with Gasteiger partial charge >= 0.3 is 5.97 Å². The fraction of sp³-hybridized carbons (Fsp3) is 0.133. The van der Waals surface area contributed by atoms with Gasteiger partial charge in [-0.05, 0) is 36.8 Å². The van der Waals surface area contributed by atoms with Crippen molar-refractivity contribution in [3.63, 3.8) is 0 Å². The van der Waals surface area contributed by atoms with Gasteiger partial charge in [-0.1, -0.05) is 35.9 Å². The number of carboxylic acid groups (broad SMARTS) is 1. The zero-order chi connectivity index (χ0) is 13.8. The van der Waals surface area contributed by atoms with Gasteiger partial charge in [-0.25, -0.2) is 0 Å². The number of aliphatic carboxylic acids is 1. The van der Waals surface area contributed by atoms with E-state index in [1.807, 2.05) is 12.1 Å². The van der Waals surface area contributed by atoms with E-state index in [0.29, 0.717) is 22.1 Å². The molecule has 0 fully saturated rings. The highest BCUT2D eigenvalue weighted by molar-refractivity contribution is 6.32. The van der Waals surface area contributed by atoms with Crippen LogP contribution in [0.25, 0.3) is 0 Å². The monoisotopic (exact) mass is 276 g/mol. The van der Waals surface area contributed by atoms with Crippen LogP contribution in [0.4, 0.5) is 0 Å². The molecule has 0 amide bonds. The lowest BCUT2D eigenvalue weighted by molar-refractivity contribution is -0.138. The van der Waals surface area contributed by atoms with Crippen LogP contribution in [0, 0.1) is 0 Å². The van der Waals surface area contributed by atoms with Crippen LogP contribution in [-0.4, -0.2) is 11.1 Å². The molecule has 0 aliphatic carbocycles. The van der Waals surface area contributed by atoms with Crippen LogP contribution in [0.15, 0.2) is 48.5 Å². The topological polar surface area (TPSA) is 46.5 Å².